The van der Waals surface area contributed by atoms with E-state index < -0.39 is 20.2 Å². The van der Waals surface area contributed by atoms with E-state index in [4.69, 9.17) is 9.26 Å². The van der Waals surface area contributed by atoms with E-state index in [-0.39, 0.29) is 12.4 Å². The van der Waals surface area contributed by atoms with E-state index in [0.29, 0.717) is 11.3 Å². The summed E-state index contributed by atoms with van der Waals surface area (Å²) in [5, 5.41) is 9.41. The van der Waals surface area contributed by atoms with E-state index in [2.05, 4.69) is 0 Å². The highest BCUT2D eigenvalue weighted by Gasteiger charge is 2.41. The average molecular weight is 348 g/mol. The van der Waals surface area contributed by atoms with Crippen LogP contribution in [0.3, 0.4) is 0 Å². The van der Waals surface area contributed by atoms with Crippen LogP contribution in [0.15, 0.2) is 54.6 Å². The number of rotatable bonds is 7. The SMILES string of the molecule is CCOC(=O)C(c1ccc(O)cc1)N(C)[P+](=O)Oc1ccccc1. The second-order valence-corrected chi connectivity index (χ2v) is 6.25. The maximum Gasteiger partial charge on any atom is 0.667 e. The molecule has 2 atom stereocenters. The lowest BCUT2D eigenvalue weighted by Gasteiger charge is -2.17. The van der Waals surface area contributed by atoms with Gasteiger partial charge in [-0.25, -0.2) is 9.32 Å². The van der Waals surface area contributed by atoms with Crippen LogP contribution in [0, 0.1) is 0 Å². The topological polar surface area (TPSA) is 76.1 Å². The van der Waals surface area contributed by atoms with Gasteiger partial charge in [0.1, 0.15) is 5.75 Å². The van der Waals surface area contributed by atoms with Crippen LogP contribution >= 0.6 is 8.18 Å². The van der Waals surface area contributed by atoms with Gasteiger partial charge in [0.2, 0.25) is 0 Å². The number of esters is 1. The third kappa shape index (κ3) is 4.54. The number of para-hydroxylation sites is 1. The van der Waals surface area contributed by atoms with E-state index in [9.17, 15) is 14.5 Å². The van der Waals surface area contributed by atoms with Crippen molar-refractivity contribution in [3.63, 3.8) is 0 Å². The number of phenolic OH excluding ortho intramolecular Hbond substituents is 1. The van der Waals surface area contributed by atoms with Crippen molar-refractivity contribution < 1.29 is 23.7 Å². The van der Waals surface area contributed by atoms with Gasteiger partial charge in [-0.3, -0.25) is 0 Å². The van der Waals surface area contributed by atoms with E-state index in [1.807, 2.05) is 6.07 Å². The van der Waals surface area contributed by atoms with Crippen molar-refractivity contribution in [3.05, 3.63) is 60.2 Å². The van der Waals surface area contributed by atoms with Crippen molar-refractivity contribution in [3.8, 4) is 11.5 Å². The van der Waals surface area contributed by atoms with E-state index in [0.717, 1.165) is 0 Å². The third-order valence-corrected chi connectivity index (χ3v) is 4.39. The Morgan fingerprint density at radius 3 is 2.38 bits per heavy atom. The molecule has 0 saturated carbocycles. The monoisotopic (exact) mass is 348 g/mol. The molecule has 0 saturated heterocycles. The summed E-state index contributed by atoms with van der Waals surface area (Å²) in [7, 11) is -0.788. The molecule has 0 heterocycles. The number of nitrogens with zero attached hydrogens (tertiary/aromatic N) is 1. The van der Waals surface area contributed by atoms with Crippen LogP contribution in [0.4, 0.5) is 0 Å². The lowest BCUT2D eigenvalue weighted by atomic mass is 10.1. The standard InChI is InChI=1S/C17H18NO5P/c1-3-22-17(20)16(13-9-11-14(19)12-10-13)18(2)24(21)23-15-7-5-4-6-8-15/h4-12,16H,3H2,1-2H3/p+1. The summed E-state index contributed by atoms with van der Waals surface area (Å²) in [6.07, 6.45) is 0. The Balaban J connectivity index is 2.23. The fourth-order valence-corrected chi connectivity index (χ4v) is 2.96. The van der Waals surface area contributed by atoms with Gasteiger partial charge in [-0.2, -0.15) is 0 Å². The van der Waals surface area contributed by atoms with Gasteiger partial charge in [0, 0.05) is 11.6 Å². The molecule has 0 aromatic heterocycles. The summed E-state index contributed by atoms with van der Waals surface area (Å²) in [5.74, 6) is -0.0154. The third-order valence-electron chi connectivity index (χ3n) is 3.28. The first kappa shape index (κ1) is 17.9. The van der Waals surface area contributed by atoms with Crippen molar-refractivity contribution in [2.45, 2.75) is 13.0 Å². The van der Waals surface area contributed by atoms with Gasteiger partial charge in [0.15, 0.2) is 11.8 Å². The predicted octanol–water partition coefficient (Wildman–Crippen LogP) is 3.66. The van der Waals surface area contributed by atoms with Gasteiger partial charge >= 0.3 is 14.1 Å². The fourth-order valence-electron chi connectivity index (χ4n) is 2.11. The minimum absolute atomic E-state index is 0.0777. The highest BCUT2D eigenvalue weighted by molar-refractivity contribution is 7.36. The molecule has 2 unspecified atom stereocenters. The number of hydrogen-bond acceptors (Lipinski definition) is 5. The molecule has 2 aromatic rings. The molecule has 6 nitrogen and oxygen atoms in total. The molecular formula is C17H19NO5P+. The maximum atomic E-state index is 12.5. The van der Waals surface area contributed by atoms with Crippen LogP contribution in [-0.4, -0.2) is 29.4 Å². The first-order valence-electron chi connectivity index (χ1n) is 7.41. The average Bonchev–Trinajstić information content (AvgIpc) is 2.58. The molecule has 24 heavy (non-hydrogen) atoms. The Bertz CT molecular complexity index is 690. The van der Waals surface area contributed by atoms with Gasteiger partial charge in [-0.1, -0.05) is 30.3 Å². The molecule has 1 N–H and O–H groups in total. The highest BCUT2D eigenvalue weighted by Crippen LogP contribution is 2.37. The molecule has 0 aliphatic heterocycles. The number of ether oxygens (including phenoxy) is 1. The van der Waals surface area contributed by atoms with E-state index in [1.54, 1.807) is 43.3 Å². The van der Waals surface area contributed by atoms with Crippen molar-refractivity contribution in [2.24, 2.45) is 0 Å². The molecule has 0 aliphatic carbocycles. The van der Waals surface area contributed by atoms with Crippen molar-refractivity contribution in [1.29, 1.82) is 0 Å². The Labute approximate surface area is 141 Å². The second kappa shape index (κ2) is 8.43. The van der Waals surface area contributed by atoms with Crippen LogP contribution in [0.25, 0.3) is 0 Å². The van der Waals surface area contributed by atoms with E-state index >= 15 is 0 Å². The number of hydrogen-bond donors (Lipinski definition) is 1. The van der Waals surface area contributed by atoms with Crippen LogP contribution in [0.1, 0.15) is 18.5 Å². The molecular weight excluding hydrogens is 329 g/mol. The molecule has 0 radical (unpaired) electrons. The predicted molar refractivity (Wildman–Crippen MR) is 89.9 cm³/mol. The summed E-state index contributed by atoms with van der Waals surface area (Å²) in [4.78, 5) is 12.3. The zero-order chi connectivity index (χ0) is 17.5. The molecule has 0 spiro atoms. The van der Waals surface area contributed by atoms with Gasteiger partial charge in [-0.15, -0.1) is 0 Å². The first-order valence-corrected chi connectivity index (χ1v) is 8.54. The van der Waals surface area contributed by atoms with Crippen molar-refractivity contribution in [1.82, 2.24) is 4.67 Å². The van der Waals surface area contributed by atoms with Crippen molar-refractivity contribution >= 4 is 14.1 Å². The smallest absolute Gasteiger partial charge is 0.508 e. The normalized spacial score (nSPS) is 12.5. The first-order chi connectivity index (χ1) is 11.5. The zero-order valence-electron chi connectivity index (χ0n) is 13.5. The molecule has 0 aliphatic rings. The van der Waals surface area contributed by atoms with E-state index in [1.165, 1.54) is 23.9 Å². The lowest BCUT2D eigenvalue weighted by Crippen LogP contribution is -2.28. The number of aromatic hydroxyl groups is 1. The van der Waals surface area contributed by atoms with Crippen LogP contribution in [0.2, 0.25) is 0 Å². The van der Waals surface area contributed by atoms with Crippen LogP contribution in [-0.2, 0) is 14.1 Å². The largest absolute Gasteiger partial charge is 0.667 e. The number of likely N-dealkylation sites (N-methyl/N-ethyl adjacent to an activating group) is 1. The number of phenols is 1. The minimum atomic E-state index is -2.31. The van der Waals surface area contributed by atoms with Crippen LogP contribution in [0.5, 0.6) is 11.5 Å². The second-order valence-electron chi connectivity index (χ2n) is 4.96. The van der Waals surface area contributed by atoms with Gasteiger partial charge in [-0.05, 0) is 41.4 Å². The Kier molecular flexibility index (Phi) is 6.29. The molecule has 2 rings (SSSR count). The van der Waals surface area contributed by atoms with Crippen LogP contribution < -0.4 is 4.52 Å². The van der Waals surface area contributed by atoms with Gasteiger partial charge < -0.3 is 9.84 Å². The molecule has 2 aromatic carbocycles. The fraction of sp³-hybridized carbons (Fsp3) is 0.235. The maximum absolute atomic E-state index is 12.5. The molecule has 0 fully saturated rings. The zero-order valence-corrected chi connectivity index (χ0v) is 14.3. The molecule has 126 valence electrons. The summed E-state index contributed by atoms with van der Waals surface area (Å²) in [5.41, 5.74) is 0.550. The summed E-state index contributed by atoms with van der Waals surface area (Å²) in [6, 6.07) is 13.9. The summed E-state index contributed by atoms with van der Waals surface area (Å²) < 4.78 is 24.3. The lowest BCUT2D eigenvalue weighted by molar-refractivity contribution is -0.147. The van der Waals surface area contributed by atoms with Gasteiger partial charge in [0.25, 0.3) is 0 Å². The summed E-state index contributed by atoms with van der Waals surface area (Å²) in [6.45, 7) is 1.91. The van der Waals surface area contributed by atoms with Gasteiger partial charge in [0.05, 0.1) is 6.61 Å². The summed E-state index contributed by atoms with van der Waals surface area (Å²) >= 11 is 0. The molecule has 0 amide bonds. The molecule has 7 heteroatoms. The Morgan fingerprint density at radius 1 is 1.17 bits per heavy atom. The number of carbonyl (C=O) groups is 1. The number of carbonyl (C=O) groups excluding carboxylic acids is 1. The Hall–Kier alpha value is -2.43. The molecule has 0 bridgehead atoms. The van der Waals surface area contributed by atoms with Crippen molar-refractivity contribution in [2.75, 3.05) is 13.7 Å². The quantitative estimate of drug-likeness (QED) is 0.608. The minimum Gasteiger partial charge on any atom is -0.508 e. The number of benzene rings is 2. The Morgan fingerprint density at radius 2 is 1.79 bits per heavy atom. The highest BCUT2D eigenvalue weighted by atomic mass is 31.1.